The van der Waals surface area contributed by atoms with E-state index in [0.29, 0.717) is 30.7 Å². The van der Waals surface area contributed by atoms with Crippen molar-refractivity contribution in [1.29, 1.82) is 0 Å². The third-order valence-electron chi connectivity index (χ3n) is 4.72. The molecule has 0 saturated heterocycles. The Bertz CT molecular complexity index is 432. The predicted octanol–water partition coefficient (Wildman–Crippen LogP) is 3.02. The van der Waals surface area contributed by atoms with Crippen LogP contribution in [0.25, 0.3) is 0 Å². The fourth-order valence-electron chi connectivity index (χ4n) is 3.00. The molecule has 0 aromatic heterocycles. The Morgan fingerprint density at radius 1 is 1.30 bits per heavy atom. The lowest BCUT2D eigenvalue weighted by molar-refractivity contribution is -0.122. The Kier molecular flexibility index (Phi) is 5.18. The van der Waals surface area contributed by atoms with Crippen molar-refractivity contribution in [1.82, 2.24) is 5.32 Å². The number of amides is 1. The highest BCUT2D eigenvalue weighted by atomic mass is 16.1. The minimum absolute atomic E-state index is 0.0538. The molecule has 0 heterocycles. The van der Waals surface area contributed by atoms with Crippen LogP contribution in [0.3, 0.4) is 0 Å². The van der Waals surface area contributed by atoms with Gasteiger partial charge < -0.3 is 11.1 Å². The molecule has 0 aliphatic heterocycles. The summed E-state index contributed by atoms with van der Waals surface area (Å²) in [6.45, 7) is 4.50. The van der Waals surface area contributed by atoms with Gasteiger partial charge in [-0.2, -0.15) is 0 Å². The molecule has 1 aliphatic rings. The van der Waals surface area contributed by atoms with E-state index in [1.165, 1.54) is 6.42 Å². The van der Waals surface area contributed by atoms with E-state index in [4.69, 9.17) is 5.73 Å². The van der Waals surface area contributed by atoms with Crippen LogP contribution in [0.4, 0.5) is 0 Å². The minimum Gasteiger partial charge on any atom is -0.353 e. The van der Waals surface area contributed by atoms with Crippen LogP contribution in [0.5, 0.6) is 0 Å². The molecule has 4 unspecified atom stereocenters. The van der Waals surface area contributed by atoms with Crippen LogP contribution in [0, 0.1) is 11.8 Å². The summed E-state index contributed by atoms with van der Waals surface area (Å²) in [5.74, 6) is 1.44. The predicted molar refractivity (Wildman–Crippen MR) is 82.1 cm³/mol. The number of hydrogen-bond acceptors (Lipinski definition) is 2. The van der Waals surface area contributed by atoms with E-state index in [9.17, 15) is 4.79 Å². The Morgan fingerprint density at radius 2 is 2.00 bits per heavy atom. The van der Waals surface area contributed by atoms with Crippen LogP contribution in [-0.2, 0) is 4.79 Å². The highest BCUT2D eigenvalue weighted by Crippen LogP contribution is 2.31. The number of nitrogens with one attached hydrogen (secondary N) is 1. The van der Waals surface area contributed by atoms with Gasteiger partial charge in [0.15, 0.2) is 0 Å². The molecule has 4 atom stereocenters. The van der Waals surface area contributed by atoms with E-state index in [1.54, 1.807) is 0 Å². The highest BCUT2D eigenvalue weighted by molar-refractivity contribution is 5.76. The SMILES string of the molecule is CC1CCC(NC(=O)CCC(N)c2ccccc2)C1C. The van der Waals surface area contributed by atoms with Gasteiger partial charge in [-0.05, 0) is 36.7 Å². The lowest BCUT2D eigenvalue weighted by Crippen LogP contribution is -2.37. The molecule has 0 bridgehead atoms. The van der Waals surface area contributed by atoms with Crippen LogP contribution < -0.4 is 11.1 Å². The maximum Gasteiger partial charge on any atom is 0.220 e. The Hall–Kier alpha value is -1.35. The Morgan fingerprint density at radius 3 is 2.60 bits per heavy atom. The van der Waals surface area contributed by atoms with Crippen molar-refractivity contribution < 1.29 is 4.79 Å². The summed E-state index contributed by atoms with van der Waals surface area (Å²) in [7, 11) is 0. The van der Waals surface area contributed by atoms with E-state index in [-0.39, 0.29) is 11.9 Å². The van der Waals surface area contributed by atoms with Gasteiger partial charge in [0.2, 0.25) is 5.91 Å². The molecule has 1 aromatic rings. The van der Waals surface area contributed by atoms with Gasteiger partial charge in [-0.1, -0.05) is 44.2 Å². The molecule has 2 rings (SSSR count). The van der Waals surface area contributed by atoms with Crippen molar-refractivity contribution in [3.8, 4) is 0 Å². The number of nitrogens with two attached hydrogens (primary N) is 1. The second kappa shape index (κ2) is 6.89. The van der Waals surface area contributed by atoms with Crippen molar-refractivity contribution in [2.45, 2.75) is 51.6 Å². The van der Waals surface area contributed by atoms with Crippen LogP contribution in [0.1, 0.15) is 51.1 Å². The summed E-state index contributed by atoms with van der Waals surface area (Å²) in [4.78, 5) is 12.0. The third kappa shape index (κ3) is 3.83. The number of rotatable bonds is 5. The minimum atomic E-state index is -0.0538. The van der Waals surface area contributed by atoms with Crippen LogP contribution in [0.2, 0.25) is 0 Å². The van der Waals surface area contributed by atoms with Crippen LogP contribution >= 0.6 is 0 Å². The average molecular weight is 274 g/mol. The van der Waals surface area contributed by atoms with Gasteiger partial charge in [0, 0.05) is 18.5 Å². The number of carbonyl (C=O) groups excluding carboxylic acids is 1. The van der Waals surface area contributed by atoms with Crippen molar-refractivity contribution in [2.24, 2.45) is 17.6 Å². The summed E-state index contributed by atoms with van der Waals surface area (Å²) < 4.78 is 0. The quantitative estimate of drug-likeness (QED) is 0.867. The molecule has 3 nitrogen and oxygen atoms in total. The van der Waals surface area contributed by atoms with E-state index >= 15 is 0 Å². The summed E-state index contributed by atoms with van der Waals surface area (Å²) >= 11 is 0. The normalized spacial score (nSPS) is 27.2. The maximum atomic E-state index is 12.0. The molecule has 1 aromatic carbocycles. The van der Waals surface area contributed by atoms with Gasteiger partial charge in [0.1, 0.15) is 0 Å². The molecule has 1 fully saturated rings. The standard InChI is InChI=1S/C17H26N2O/c1-12-8-10-16(13(12)2)19-17(20)11-9-15(18)14-6-4-3-5-7-14/h3-7,12-13,15-16H,8-11,18H2,1-2H3,(H,19,20). The van der Waals surface area contributed by atoms with Gasteiger partial charge in [0.05, 0.1) is 0 Å². The first kappa shape index (κ1) is 15.0. The monoisotopic (exact) mass is 274 g/mol. The van der Waals surface area contributed by atoms with Crippen molar-refractivity contribution >= 4 is 5.91 Å². The molecule has 3 N–H and O–H groups in total. The van der Waals surface area contributed by atoms with Gasteiger partial charge in [-0.25, -0.2) is 0 Å². The van der Waals surface area contributed by atoms with Crippen LogP contribution in [-0.4, -0.2) is 11.9 Å². The lowest BCUT2D eigenvalue weighted by atomic mass is 9.97. The largest absolute Gasteiger partial charge is 0.353 e. The second-order valence-electron chi connectivity index (χ2n) is 6.14. The third-order valence-corrected chi connectivity index (χ3v) is 4.72. The topological polar surface area (TPSA) is 55.1 Å². The molecule has 110 valence electrons. The van der Waals surface area contributed by atoms with Gasteiger partial charge in [-0.15, -0.1) is 0 Å². The summed E-state index contributed by atoms with van der Waals surface area (Å²) in [5, 5.41) is 3.17. The molecule has 1 saturated carbocycles. The lowest BCUT2D eigenvalue weighted by Gasteiger charge is -2.20. The highest BCUT2D eigenvalue weighted by Gasteiger charge is 2.30. The second-order valence-corrected chi connectivity index (χ2v) is 6.14. The first-order valence-corrected chi connectivity index (χ1v) is 7.68. The zero-order valence-corrected chi connectivity index (χ0v) is 12.5. The number of carbonyl (C=O) groups is 1. The van der Waals surface area contributed by atoms with Gasteiger partial charge in [-0.3, -0.25) is 4.79 Å². The average Bonchev–Trinajstić information content (AvgIpc) is 2.78. The zero-order chi connectivity index (χ0) is 14.5. The number of benzene rings is 1. The van der Waals surface area contributed by atoms with Crippen LogP contribution in [0.15, 0.2) is 30.3 Å². The van der Waals surface area contributed by atoms with Crippen molar-refractivity contribution in [3.05, 3.63) is 35.9 Å². The van der Waals surface area contributed by atoms with Crippen molar-refractivity contribution in [2.75, 3.05) is 0 Å². The fourth-order valence-corrected chi connectivity index (χ4v) is 3.00. The van der Waals surface area contributed by atoms with Crippen molar-refractivity contribution in [3.63, 3.8) is 0 Å². The molecule has 0 radical (unpaired) electrons. The molecular weight excluding hydrogens is 248 g/mol. The molecule has 3 heteroatoms. The molecule has 1 amide bonds. The fraction of sp³-hybridized carbons (Fsp3) is 0.588. The Balaban J connectivity index is 1.75. The maximum absolute atomic E-state index is 12.0. The molecule has 20 heavy (non-hydrogen) atoms. The Labute approximate surface area is 121 Å². The smallest absolute Gasteiger partial charge is 0.220 e. The summed E-state index contributed by atoms with van der Waals surface area (Å²) in [5.41, 5.74) is 7.22. The first-order valence-electron chi connectivity index (χ1n) is 7.68. The molecule has 1 aliphatic carbocycles. The van der Waals surface area contributed by atoms with E-state index < -0.39 is 0 Å². The zero-order valence-electron chi connectivity index (χ0n) is 12.5. The van der Waals surface area contributed by atoms with E-state index in [1.807, 2.05) is 30.3 Å². The first-order chi connectivity index (χ1) is 9.58. The molecular formula is C17H26N2O. The molecule has 0 spiro atoms. The summed E-state index contributed by atoms with van der Waals surface area (Å²) in [6, 6.07) is 10.3. The summed E-state index contributed by atoms with van der Waals surface area (Å²) in [6.07, 6.45) is 3.54. The van der Waals surface area contributed by atoms with Gasteiger partial charge in [0.25, 0.3) is 0 Å². The number of hydrogen-bond donors (Lipinski definition) is 2. The van der Waals surface area contributed by atoms with E-state index in [0.717, 1.165) is 12.0 Å². The van der Waals surface area contributed by atoms with Gasteiger partial charge >= 0.3 is 0 Å². The van der Waals surface area contributed by atoms with E-state index in [2.05, 4.69) is 19.2 Å².